The summed E-state index contributed by atoms with van der Waals surface area (Å²) in [6, 6.07) is 8.47. The summed E-state index contributed by atoms with van der Waals surface area (Å²) in [7, 11) is -4.68. The number of aryl methyl sites for hydroxylation is 1. The molecule has 1 amide bonds. The van der Waals surface area contributed by atoms with Gasteiger partial charge in [-0.3, -0.25) is 19.2 Å². The van der Waals surface area contributed by atoms with Crippen molar-refractivity contribution in [1.82, 2.24) is 9.62 Å². The van der Waals surface area contributed by atoms with E-state index in [0.717, 1.165) is 20.9 Å². The number of anilines is 1. The van der Waals surface area contributed by atoms with Gasteiger partial charge in [-0.2, -0.15) is 0 Å². The van der Waals surface area contributed by atoms with Crippen molar-refractivity contribution in [3.63, 3.8) is 0 Å². The van der Waals surface area contributed by atoms with Crippen LogP contribution < -0.4 is 14.4 Å². The van der Waals surface area contributed by atoms with Gasteiger partial charge in [0.2, 0.25) is 26.0 Å². The lowest BCUT2D eigenvalue weighted by molar-refractivity contribution is -0.384. The van der Waals surface area contributed by atoms with Crippen molar-refractivity contribution in [2.45, 2.75) is 31.2 Å². The number of nitrogens with one attached hydrogen (secondary N) is 1. The van der Waals surface area contributed by atoms with Gasteiger partial charge in [0.25, 0.3) is 5.69 Å². The molecule has 0 spiro atoms. The second kappa shape index (κ2) is 11.7. The average Bonchev–Trinajstić information content (AvgIpc) is 2.80. The first-order chi connectivity index (χ1) is 16.7. The molecule has 0 bridgehead atoms. The monoisotopic (exact) mass is 542 g/mol. The first kappa shape index (κ1) is 29.0. The Bertz CT molecular complexity index is 1310. The Morgan fingerprint density at radius 2 is 1.72 bits per heavy atom. The summed E-state index contributed by atoms with van der Waals surface area (Å²) in [5, 5.41) is 13.8. The number of rotatable bonds is 12. The normalized spacial score (nSPS) is 12.7. The van der Waals surface area contributed by atoms with Crippen molar-refractivity contribution in [2.24, 2.45) is 0 Å². The van der Waals surface area contributed by atoms with Crippen LogP contribution in [0.2, 0.25) is 0 Å². The number of sulfonamides is 2. The minimum atomic E-state index is -3.97. The van der Waals surface area contributed by atoms with E-state index >= 15 is 0 Å². The third-order valence-corrected chi connectivity index (χ3v) is 8.24. The van der Waals surface area contributed by atoms with Crippen LogP contribution in [-0.2, 0) is 24.8 Å². The Kier molecular flexibility index (Phi) is 9.40. The van der Waals surface area contributed by atoms with E-state index in [1.165, 1.54) is 50.5 Å². The maximum absolute atomic E-state index is 12.9. The number of benzene rings is 2. The number of nitrogens with zero attached hydrogens (tertiary/aromatic N) is 3. The molecule has 0 heterocycles. The molecule has 0 aliphatic carbocycles. The summed E-state index contributed by atoms with van der Waals surface area (Å²) in [5.74, 6) is -0.205. The minimum Gasteiger partial charge on any atom is -0.492 e. The number of carbonyl (C=O) groups excluding carboxylic acids is 1. The van der Waals surface area contributed by atoms with Crippen molar-refractivity contribution in [1.29, 1.82) is 0 Å². The molecule has 14 heteroatoms. The predicted octanol–water partition coefficient (Wildman–Crippen LogP) is 1.89. The number of carbonyl (C=O) groups is 1. The van der Waals surface area contributed by atoms with E-state index in [-0.39, 0.29) is 35.8 Å². The SMILES string of the molecule is CC[C@@H](C(=O)NCCOc1ccc(S(=O)(=O)N(C)C)cc1)N(c1cc([N+](=O)[O-])ccc1C)S(C)(=O)=O. The average molecular weight is 543 g/mol. The first-order valence-corrected chi connectivity index (χ1v) is 14.2. The predicted molar refractivity (Wildman–Crippen MR) is 135 cm³/mol. The summed E-state index contributed by atoms with van der Waals surface area (Å²) in [4.78, 5) is 23.6. The van der Waals surface area contributed by atoms with Gasteiger partial charge in [0.05, 0.1) is 28.3 Å². The molecule has 0 saturated carbocycles. The van der Waals surface area contributed by atoms with Crippen LogP contribution in [0.1, 0.15) is 18.9 Å². The van der Waals surface area contributed by atoms with E-state index in [1.54, 1.807) is 13.8 Å². The Morgan fingerprint density at radius 1 is 1.11 bits per heavy atom. The number of non-ortho nitro benzene ring substituents is 1. The molecule has 198 valence electrons. The van der Waals surface area contributed by atoms with Gasteiger partial charge >= 0.3 is 0 Å². The zero-order valence-corrected chi connectivity index (χ0v) is 22.3. The van der Waals surface area contributed by atoms with E-state index in [0.29, 0.717) is 11.3 Å². The smallest absolute Gasteiger partial charge is 0.271 e. The van der Waals surface area contributed by atoms with E-state index in [4.69, 9.17) is 4.74 Å². The van der Waals surface area contributed by atoms with Gasteiger partial charge in [0.15, 0.2) is 0 Å². The molecular weight excluding hydrogens is 512 g/mol. The summed E-state index contributed by atoms with van der Waals surface area (Å²) in [6.45, 7) is 3.31. The Labute approximate surface area is 211 Å². The van der Waals surface area contributed by atoms with Crippen molar-refractivity contribution in [3.8, 4) is 5.75 Å². The number of nitro groups is 1. The van der Waals surface area contributed by atoms with Gasteiger partial charge in [-0.05, 0) is 43.2 Å². The number of ether oxygens (including phenoxy) is 1. The number of hydrogen-bond donors (Lipinski definition) is 1. The molecule has 0 aromatic heterocycles. The molecule has 2 rings (SSSR count). The highest BCUT2D eigenvalue weighted by Gasteiger charge is 2.33. The van der Waals surface area contributed by atoms with Crippen LogP contribution in [0.3, 0.4) is 0 Å². The number of hydrogen-bond acceptors (Lipinski definition) is 8. The Hall–Kier alpha value is -3.23. The van der Waals surface area contributed by atoms with Gasteiger partial charge in [-0.1, -0.05) is 13.0 Å². The second-order valence-corrected chi connectivity index (χ2v) is 12.1. The molecule has 2 aromatic carbocycles. The fourth-order valence-electron chi connectivity index (χ4n) is 3.36. The molecule has 0 radical (unpaired) electrons. The van der Waals surface area contributed by atoms with E-state index in [9.17, 15) is 31.7 Å². The highest BCUT2D eigenvalue weighted by molar-refractivity contribution is 7.92. The molecule has 1 atom stereocenters. The molecule has 2 aromatic rings. The van der Waals surface area contributed by atoms with Crippen LogP contribution in [-0.4, -0.2) is 71.5 Å². The van der Waals surface area contributed by atoms with E-state index in [1.807, 2.05) is 0 Å². The molecular formula is C22H30N4O8S2. The molecule has 0 fully saturated rings. The van der Waals surface area contributed by atoms with Crippen LogP contribution >= 0.6 is 0 Å². The Morgan fingerprint density at radius 3 is 2.22 bits per heavy atom. The fraction of sp³-hybridized carbons (Fsp3) is 0.409. The Balaban J connectivity index is 2.11. The van der Waals surface area contributed by atoms with Crippen molar-refractivity contribution < 1.29 is 31.3 Å². The van der Waals surface area contributed by atoms with Crippen molar-refractivity contribution in [3.05, 3.63) is 58.1 Å². The summed E-state index contributed by atoms with van der Waals surface area (Å²) in [5.41, 5.74) is 0.218. The van der Waals surface area contributed by atoms with Crippen LogP contribution in [0.15, 0.2) is 47.4 Å². The molecule has 0 aliphatic heterocycles. The summed E-state index contributed by atoms with van der Waals surface area (Å²) in [6.07, 6.45) is 1.05. The molecule has 0 unspecified atom stereocenters. The maximum atomic E-state index is 12.9. The first-order valence-electron chi connectivity index (χ1n) is 10.9. The topological polar surface area (TPSA) is 156 Å². The lowest BCUT2D eigenvalue weighted by Gasteiger charge is -2.31. The minimum absolute atomic E-state index is 0.0384. The van der Waals surface area contributed by atoms with Crippen LogP contribution in [0.5, 0.6) is 5.75 Å². The highest BCUT2D eigenvalue weighted by Crippen LogP contribution is 2.30. The number of amides is 1. The molecule has 12 nitrogen and oxygen atoms in total. The molecule has 1 N–H and O–H groups in total. The molecule has 0 saturated heterocycles. The summed E-state index contributed by atoms with van der Waals surface area (Å²) < 4.78 is 57.1. The van der Waals surface area contributed by atoms with Gasteiger partial charge in [-0.15, -0.1) is 0 Å². The third kappa shape index (κ3) is 6.92. The summed E-state index contributed by atoms with van der Waals surface area (Å²) >= 11 is 0. The molecule has 36 heavy (non-hydrogen) atoms. The largest absolute Gasteiger partial charge is 0.492 e. The quantitative estimate of drug-likeness (QED) is 0.242. The van der Waals surface area contributed by atoms with Gasteiger partial charge < -0.3 is 10.1 Å². The van der Waals surface area contributed by atoms with Crippen molar-refractivity contribution >= 4 is 37.3 Å². The lowest BCUT2D eigenvalue weighted by atomic mass is 10.1. The van der Waals surface area contributed by atoms with Crippen LogP contribution in [0, 0.1) is 17.0 Å². The highest BCUT2D eigenvalue weighted by atomic mass is 32.2. The van der Waals surface area contributed by atoms with Crippen molar-refractivity contribution in [2.75, 3.05) is 37.8 Å². The van der Waals surface area contributed by atoms with E-state index in [2.05, 4.69) is 5.32 Å². The van der Waals surface area contributed by atoms with Crippen LogP contribution in [0.25, 0.3) is 0 Å². The molecule has 0 aliphatic rings. The second-order valence-electron chi connectivity index (χ2n) is 8.11. The van der Waals surface area contributed by atoms with E-state index < -0.39 is 36.9 Å². The van der Waals surface area contributed by atoms with Crippen LogP contribution in [0.4, 0.5) is 11.4 Å². The zero-order valence-electron chi connectivity index (χ0n) is 20.7. The maximum Gasteiger partial charge on any atom is 0.271 e. The lowest BCUT2D eigenvalue weighted by Crippen LogP contribution is -2.50. The third-order valence-electron chi connectivity index (χ3n) is 5.24. The standard InChI is InChI=1S/C22H30N4O8S2/c1-6-20(25(35(5,30)31)21-15-17(26(28)29)8-7-16(21)2)22(27)23-13-14-34-18-9-11-19(12-10-18)36(32,33)24(3)4/h7-12,15,20H,6,13-14H2,1-5H3,(H,23,27)/t20-/m0/s1. The van der Waals surface area contributed by atoms with Gasteiger partial charge in [0.1, 0.15) is 18.4 Å². The zero-order chi connectivity index (χ0) is 27.3. The van der Waals surface area contributed by atoms with Gasteiger partial charge in [-0.25, -0.2) is 21.1 Å². The fourth-order valence-corrected chi connectivity index (χ4v) is 5.53. The van der Waals surface area contributed by atoms with Gasteiger partial charge in [0, 0.05) is 26.2 Å². The number of nitro benzene ring substituents is 1.